The lowest BCUT2D eigenvalue weighted by atomic mass is 10.2. The standard InChI is InChI=1S/C21H20N6S2/c1-3-27(4-2)17-12-10-16(11-13-17)24-26-21-22-20-18(28-21)14-19(29-20)25-23-15-8-6-5-7-9-15/h5-14H,3-4H2,1-2H3. The predicted molar refractivity (Wildman–Crippen MR) is 122 cm³/mol. The zero-order valence-corrected chi connectivity index (χ0v) is 17.8. The molecule has 146 valence electrons. The number of nitrogens with zero attached hydrogens (tertiary/aromatic N) is 6. The first-order chi connectivity index (χ1) is 14.2. The first kappa shape index (κ1) is 19.4. The van der Waals surface area contributed by atoms with Gasteiger partial charge < -0.3 is 4.90 Å². The number of thiazole rings is 1. The second-order valence-corrected chi connectivity index (χ2v) is 8.19. The van der Waals surface area contributed by atoms with Crippen LogP contribution in [0, 0.1) is 0 Å². The molecule has 0 bridgehead atoms. The minimum absolute atomic E-state index is 0.644. The summed E-state index contributed by atoms with van der Waals surface area (Å²) in [6, 6.07) is 19.8. The molecule has 6 nitrogen and oxygen atoms in total. The number of hydrogen-bond acceptors (Lipinski definition) is 8. The summed E-state index contributed by atoms with van der Waals surface area (Å²) in [5, 5.41) is 18.6. The van der Waals surface area contributed by atoms with Crippen molar-refractivity contribution in [1.29, 1.82) is 0 Å². The molecular weight excluding hydrogens is 400 g/mol. The molecule has 29 heavy (non-hydrogen) atoms. The van der Waals surface area contributed by atoms with Gasteiger partial charge in [-0.05, 0) is 56.3 Å². The Labute approximate surface area is 177 Å². The second kappa shape index (κ2) is 9.02. The van der Waals surface area contributed by atoms with E-state index in [2.05, 4.69) is 56.3 Å². The molecule has 0 aliphatic rings. The fourth-order valence-corrected chi connectivity index (χ4v) is 4.67. The summed E-state index contributed by atoms with van der Waals surface area (Å²) in [5.41, 5.74) is 2.84. The van der Waals surface area contributed by atoms with Gasteiger partial charge in [0, 0.05) is 18.8 Å². The lowest BCUT2D eigenvalue weighted by molar-refractivity contribution is 0.866. The van der Waals surface area contributed by atoms with Gasteiger partial charge >= 0.3 is 0 Å². The van der Waals surface area contributed by atoms with E-state index >= 15 is 0 Å². The van der Waals surface area contributed by atoms with Crippen LogP contribution in [0.1, 0.15) is 13.8 Å². The topological polar surface area (TPSA) is 65.6 Å². The van der Waals surface area contributed by atoms with Gasteiger partial charge in [0.1, 0.15) is 9.83 Å². The summed E-state index contributed by atoms with van der Waals surface area (Å²) in [7, 11) is 0. The van der Waals surface area contributed by atoms with E-state index in [9.17, 15) is 0 Å². The van der Waals surface area contributed by atoms with Crippen LogP contribution in [0.5, 0.6) is 0 Å². The van der Waals surface area contributed by atoms with Gasteiger partial charge in [-0.3, -0.25) is 0 Å². The summed E-state index contributed by atoms with van der Waals surface area (Å²) in [5.74, 6) is 0. The van der Waals surface area contributed by atoms with Crippen molar-refractivity contribution in [3.8, 4) is 0 Å². The Morgan fingerprint density at radius 2 is 1.48 bits per heavy atom. The van der Waals surface area contributed by atoms with Crippen molar-refractivity contribution in [2.45, 2.75) is 13.8 Å². The number of azo groups is 2. The van der Waals surface area contributed by atoms with Crippen LogP contribution < -0.4 is 4.90 Å². The number of anilines is 1. The molecule has 0 spiro atoms. The summed E-state index contributed by atoms with van der Waals surface area (Å²) in [4.78, 5) is 7.74. The van der Waals surface area contributed by atoms with Gasteiger partial charge in [0.05, 0.1) is 16.1 Å². The Morgan fingerprint density at radius 3 is 2.17 bits per heavy atom. The quantitative estimate of drug-likeness (QED) is 0.284. The van der Waals surface area contributed by atoms with Gasteiger partial charge in [0.2, 0.25) is 5.13 Å². The molecule has 8 heteroatoms. The number of thiophene rings is 1. The highest BCUT2D eigenvalue weighted by atomic mass is 32.1. The van der Waals surface area contributed by atoms with Crippen molar-refractivity contribution in [3.63, 3.8) is 0 Å². The zero-order valence-electron chi connectivity index (χ0n) is 16.2. The Kier molecular flexibility index (Phi) is 6.02. The molecule has 0 fully saturated rings. The number of aromatic nitrogens is 1. The van der Waals surface area contributed by atoms with Gasteiger partial charge in [-0.25, -0.2) is 4.98 Å². The SMILES string of the molecule is CCN(CC)c1ccc(N=Nc2nc3sc(N=Nc4ccccc4)cc3s2)cc1. The lowest BCUT2D eigenvalue weighted by Gasteiger charge is -2.20. The summed E-state index contributed by atoms with van der Waals surface area (Å²) in [6.45, 7) is 6.28. The van der Waals surface area contributed by atoms with E-state index in [1.54, 1.807) is 0 Å². The molecule has 0 N–H and O–H groups in total. The van der Waals surface area contributed by atoms with Crippen molar-refractivity contribution in [2.75, 3.05) is 18.0 Å². The van der Waals surface area contributed by atoms with Gasteiger partial charge in [-0.15, -0.1) is 20.5 Å². The van der Waals surface area contributed by atoms with Gasteiger partial charge in [0.25, 0.3) is 0 Å². The van der Waals surface area contributed by atoms with Crippen molar-refractivity contribution < 1.29 is 0 Å². The average Bonchev–Trinajstić information content (AvgIpc) is 3.32. The molecule has 0 atom stereocenters. The molecule has 4 aromatic rings. The molecule has 0 saturated carbocycles. The maximum atomic E-state index is 4.54. The van der Waals surface area contributed by atoms with Crippen molar-refractivity contribution in [3.05, 3.63) is 60.7 Å². The molecule has 0 unspecified atom stereocenters. The molecule has 0 radical (unpaired) electrons. The van der Waals surface area contributed by atoms with E-state index in [-0.39, 0.29) is 0 Å². The average molecular weight is 421 g/mol. The van der Waals surface area contributed by atoms with Crippen molar-refractivity contribution in [2.24, 2.45) is 20.5 Å². The van der Waals surface area contributed by atoms with Crippen molar-refractivity contribution in [1.82, 2.24) is 4.98 Å². The Balaban J connectivity index is 1.45. The highest BCUT2D eigenvalue weighted by Gasteiger charge is 2.08. The summed E-state index contributed by atoms with van der Waals surface area (Å²) < 4.78 is 1.04. The van der Waals surface area contributed by atoms with E-state index in [4.69, 9.17) is 0 Å². The van der Waals surface area contributed by atoms with Gasteiger partial charge in [-0.2, -0.15) is 0 Å². The van der Waals surface area contributed by atoms with E-state index in [1.807, 2.05) is 48.5 Å². The van der Waals surface area contributed by atoms with Crippen LogP contribution in [0.4, 0.5) is 27.2 Å². The predicted octanol–water partition coefficient (Wildman–Crippen LogP) is 8.03. The van der Waals surface area contributed by atoms with Crippen LogP contribution >= 0.6 is 22.7 Å². The van der Waals surface area contributed by atoms with Crippen LogP contribution in [0.2, 0.25) is 0 Å². The van der Waals surface area contributed by atoms with Crippen LogP contribution in [0.25, 0.3) is 9.53 Å². The molecule has 0 aliphatic carbocycles. The fourth-order valence-electron chi connectivity index (χ4n) is 2.82. The second-order valence-electron chi connectivity index (χ2n) is 6.17. The molecule has 2 aromatic heterocycles. The number of fused-ring (bicyclic) bond motifs is 1. The van der Waals surface area contributed by atoms with Crippen molar-refractivity contribution >= 4 is 59.4 Å². The van der Waals surface area contributed by atoms with Crippen LogP contribution in [-0.4, -0.2) is 18.1 Å². The third-order valence-electron chi connectivity index (χ3n) is 4.31. The maximum Gasteiger partial charge on any atom is 0.231 e. The number of rotatable bonds is 7. The first-order valence-electron chi connectivity index (χ1n) is 9.39. The number of benzene rings is 2. The smallest absolute Gasteiger partial charge is 0.231 e. The maximum absolute atomic E-state index is 4.54. The highest BCUT2D eigenvalue weighted by Crippen LogP contribution is 2.39. The monoisotopic (exact) mass is 420 g/mol. The molecule has 4 rings (SSSR count). The van der Waals surface area contributed by atoms with Crippen LogP contribution in [0.15, 0.2) is 81.1 Å². The minimum Gasteiger partial charge on any atom is -0.372 e. The van der Waals surface area contributed by atoms with Crippen LogP contribution in [-0.2, 0) is 0 Å². The van der Waals surface area contributed by atoms with E-state index in [1.165, 1.54) is 28.4 Å². The first-order valence-corrected chi connectivity index (χ1v) is 11.0. The Morgan fingerprint density at radius 1 is 0.793 bits per heavy atom. The molecule has 0 saturated heterocycles. The Bertz CT molecular complexity index is 1090. The molecule has 2 heterocycles. The zero-order chi connectivity index (χ0) is 20.1. The van der Waals surface area contributed by atoms with E-state index in [0.717, 1.165) is 39.0 Å². The lowest BCUT2D eigenvalue weighted by Crippen LogP contribution is -2.21. The Hall–Kier alpha value is -2.97. The number of hydrogen-bond donors (Lipinski definition) is 0. The van der Waals surface area contributed by atoms with E-state index in [0.29, 0.717) is 5.13 Å². The summed E-state index contributed by atoms with van der Waals surface area (Å²) in [6.07, 6.45) is 0. The fraction of sp³-hybridized carbons (Fsp3) is 0.190. The van der Waals surface area contributed by atoms with Gasteiger partial charge in [-0.1, -0.05) is 40.9 Å². The largest absolute Gasteiger partial charge is 0.372 e. The minimum atomic E-state index is 0.644. The highest BCUT2D eigenvalue weighted by molar-refractivity contribution is 7.30. The van der Waals surface area contributed by atoms with Gasteiger partial charge in [0.15, 0.2) is 0 Å². The third kappa shape index (κ3) is 4.72. The summed E-state index contributed by atoms with van der Waals surface area (Å²) >= 11 is 3.00. The third-order valence-corrected chi connectivity index (χ3v) is 6.24. The molecule has 0 amide bonds. The molecule has 2 aromatic carbocycles. The molecular formula is C21H20N6S2. The van der Waals surface area contributed by atoms with E-state index < -0.39 is 0 Å². The normalized spacial score (nSPS) is 11.8. The molecule has 0 aliphatic heterocycles. The van der Waals surface area contributed by atoms with Crippen LogP contribution in [0.3, 0.4) is 0 Å².